The zero-order chi connectivity index (χ0) is 21.4. The van der Waals surface area contributed by atoms with Gasteiger partial charge in [0.15, 0.2) is 0 Å². The summed E-state index contributed by atoms with van der Waals surface area (Å²) in [6.07, 6.45) is 4.77. The molecule has 6 nitrogen and oxygen atoms in total. The van der Waals surface area contributed by atoms with E-state index in [9.17, 15) is 4.79 Å². The summed E-state index contributed by atoms with van der Waals surface area (Å²) in [6, 6.07) is 18.9. The lowest BCUT2D eigenvalue weighted by atomic mass is 9.93. The van der Waals surface area contributed by atoms with Crippen LogP contribution in [0, 0.1) is 0 Å². The standard InChI is InChI=1S/C24H22ClN5O/c1-29-22-9-5-8-20(19(22)15-26-29)27-24(31)23-14-21(16-10-12-17(25)13-11-16)28-30(23)18-6-3-2-4-7-18/h2-4,6-7,10-15,20H,5,8-9H2,1H3,(H,27,31). The Morgan fingerprint density at radius 2 is 1.90 bits per heavy atom. The van der Waals surface area contributed by atoms with Crippen molar-refractivity contribution in [3.8, 4) is 16.9 Å². The Morgan fingerprint density at radius 3 is 2.68 bits per heavy atom. The lowest BCUT2D eigenvalue weighted by molar-refractivity contribution is 0.0924. The zero-order valence-electron chi connectivity index (χ0n) is 17.1. The lowest BCUT2D eigenvalue weighted by Crippen LogP contribution is -2.32. The quantitative estimate of drug-likeness (QED) is 0.507. The molecule has 1 aliphatic carbocycles. The van der Waals surface area contributed by atoms with E-state index in [1.807, 2.05) is 78.6 Å². The number of hydrogen-bond donors (Lipinski definition) is 1. The molecule has 0 fully saturated rings. The number of aromatic nitrogens is 4. The van der Waals surface area contributed by atoms with Crippen molar-refractivity contribution in [1.29, 1.82) is 0 Å². The van der Waals surface area contributed by atoms with Gasteiger partial charge >= 0.3 is 0 Å². The molecule has 156 valence electrons. The first-order valence-electron chi connectivity index (χ1n) is 10.3. The second-order valence-electron chi connectivity index (χ2n) is 7.76. The molecule has 1 unspecified atom stereocenters. The number of amides is 1. The molecule has 0 spiro atoms. The van der Waals surface area contributed by atoms with E-state index in [0.29, 0.717) is 10.7 Å². The van der Waals surface area contributed by atoms with Crippen molar-refractivity contribution in [2.45, 2.75) is 25.3 Å². The largest absolute Gasteiger partial charge is 0.344 e. The number of carbonyl (C=O) groups excluding carboxylic acids is 1. The Hall–Kier alpha value is -3.38. The van der Waals surface area contributed by atoms with Crippen LogP contribution >= 0.6 is 11.6 Å². The monoisotopic (exact) mass is 431 g/mol. The number of nitrogens with zero attached hydrogens (tertiary/aromatic N) is 4. The SMILES string of the molecule is Cn1ncc2c1CCCC2NC(=O)c1cc(-c2ccc(Cl)cc2)nn1-c1ccccc1. The maximum Gasteiger partial charge on any atom is 0.270 e. The van der Waals surface area contributed by atoms with E-state index < -0.39 is 0 Å². The number of aryl methyl sites for hydroxylation is 1. The van der Waals surface area contributed by atoms with Gasteiger partial charge in [-0.2, -0.15) is 10.2 Å². The fourth-order valence-corrected chi connectivity index (χ4v) is 4.28. The van der Waals surface area contributed by atoms with E-state index in [1.165, 1.54) is 5.69 Å². The van der Waals surface area contributed by atoms with Gasteiger partial charge < -0.3 is 5.32 Å². The second-order valence-corrected chi connectivity index (χ2v) is 8.19. The van der Waals surface area contributed by atoms with Crippen LogP contribution in [0.4, 0.5) is 0 Å². The van der Waals surface area contributed by atoms with Crippen LogP contribution in [0.5, 0.6) is 0 Å². The van der Waals surface area contributed by atoms with Crippen LogP contribution in [0.1, 0.15) is 40.6 Å². The van der Waals surface area contributed by atoms with Crippen LogP contribution in [0.2, 0.25) is 5.02 Å². The molecule has 2 aromatic carbocycles. The first-order valence-corrected chi connectivity index (χ1v) is 10.7. The van der Waals surface area contributed by atoms with Crippen LogP contribution in [-0.4, -0.2) is 25.5 Å². The van der Waals surface area contributed by atoms with Crippen molar-refractivity contribution in [3.63, 3.8) is 0 Å². The molecular formula is C24H22ClN5O. The van der Waals surface area contributed by atoms with E-state index in [4.69, 9.17) is 16.7 Å². The van der Waals surface area contributed by atoms with Gasteiger partial charge in [-0.3, -0.25) is 9.48 Å². The summed E-state index contributed by atoms with van der Waals surface area (Å²) in [4.78, 5) is 13.4. The molecule has 7 heteroatoms. The molecule has 1 aliphatic rings. The highest BCUT2D eigenvalue weighted by molar-refractivity contribution is 6.30. The highest BCUT2D eigenvalue weighted by Crippen LogP contribution is 2.30. The van der Waals surface area contributed by atoms with Gasteiger partial charge in [-0.25, -0.2) is 4.68 Å². The van der Waals surface area contributed by atoms with Crippen LogP contribution in [0.3, 0.4) is 0 Å². The van der Waals surface area contributed by atoms with Gasteiger partial charge in [0, 0.05) is 28.9 Å². The molecule has 1 atom stereocenters. The summed E-state index contributed by atoms with van der Waals surface area (Å²) in [5.74, 6) is -0.154. The van der Waals surface area contributed by atoms with Gasteiger partial charge in [0.1, 0.15) is 5.69 Å². The molecule has 0 saturated carbocycles. The molecule has 4 aromatic rings. The minimum Gasteiger partial charge on any atom is -0.344 e. The smallest absolute Gasteiger partial charge is 0.270 e. The molecule has 2 aromatic heterocycles. The molecule has 31 heavy (non-hydrogen) atoms. The summed E-state index contributed by atoms with van der Waals surface area (Å²) >= 11 is 6.04. The Bertz CT molecular complexity index is 1230. The van der Waals surface area contributed by atoms with Gasteiger partial charge in [0.2, 0.25) is 0 Å². The fraction of sp³-hybridized carbons (Fsp3) is 0.208. The molecule has 1 N–H and O–H groups in total. The highest BCUT2D eigenvalue weighted by atomic mass is 35.5. The second kappa shape index (κ2) is 8.04. The third-order valence-corrected chi connectivity index (χ3v) is 6.02. The van der Waals surface area contributed by atoms with E-state index in [2.05, 4.69) is 10.4 Å². The summed E-state index contributed by atoms with van der Waals surface area (Å²) in [6.45, 7) is 0. The number of halogens is 1. The van der Waals surface area contributed by atoms with E-state index in [1.54, 1.807) is 4.68 Å². The molecule has 0 bridgehead atoms. The van der Waals surface area contributed by atoms with Crippen LogP contribution in [0.15, 0.2) is 66.9 Å². The average Bonchev–Trinajstić information content (AvgIpc) is 3.40. The zero-order valence-corrected chi connectivity index (χ0v) is 17.9. The number of nitrogens with one attached hydrogen (secondary N) is 1. The van der Waals surface area contributed by atoms with Crippen molar-refractivity contribution >= 4 is 17.5 Å². The number of hydrogen-bond acceptors (Lipinski definition) is 3. The minimum atomic E-state index is -0.154. The van der Waals surface area contributed by atoms with Crippen LogP contribution in [0.25, 0.3) is 16.9 Å². The van der Waals surface area contributed by atoms with E-state index >= 15 is 0 Å². The van der Waals surface area contributed by atoms with Gasteiger partial charge in [-0.05, 0) is 49.6 Å². The normalized spacial score (nSPS) is 15.5. The number of carbonyl (C=O) groups is 1. The Balaban J connectivity index is 1.51. The summed E-state index contributed by atoms with van der Waals surface area (Å²) in [5.41, 5.74) is 5.24. The van der Waals surface area contributed by atoms with E-state index in [-0.39, 0.29) is 11.9 Å². The molecular weight excluding hydrogens is 410 g/mol. The number of fused-ring (bicyclic) bond motifs is 1. The van der Waals surface area contributed by atoms with Gasteiger partial charge in [-0.15, -0.1) is 0 Å². The van der Waals surface area contributed by atoms with Crippen LogP contribution in [-0.2, 0) is 13.5 Å². The van der Waals surface area contributed by atoms with Crippen molar-refractivity contribution in [2.24, 2.45) is 7.05 Å². The predicted molar refractivity (Wildman–Crippen MR) is 120 cm³/mol. The third kappa shape index (κ3) is 3.75. The van der Waals surface area contributed by atoms with Gasteiger partial charge in [0.25, 0.3) is 5.91 Å². The maximum atomic E-state index is 13.4. The van der Waals surface area contributed by atoms with Crippen molar-refractivity contribution in [1.82, 2.24) is 24.9 Å². The lowest BCUT2D eigenvalue weighted by Gasteiger charge is -2.23. The van der Waals surface area contributed by atoms with Crippen molar-refractivity contribution in [3.05, 3.63) is 88.8 Å². The van der Waals surface area contributed by atoms with Gasteiger partial charge in [-0.1, -0.05) is 41.9 Å². The van der Waals surface area contributed by atoms with Gasteiger partial charge in [0.05, 0.1) is 23.6 Å². The van der Waals surface area contributed by atoms with Crippen LogP contribution < -0.4 is 5.32 Å². The summed E-state index contributed by atoms with van der Waals surface area (Å²) in [7, 11) is 1.95. The first-order chi connectivity index (χ1) is 15.1. The molecule has 5 rings (SSSR count). The number of benzene rings is 2. The molecule has 0 saturated heterocycles. The number of rotatable bonds is 4. The summed E-state index contributed by atoms with van der Waals surface area (Å²) < 4.78 is 3.60. The fourth-order valence-electron chi connectivity index (χ4n) is 4.16. The summed E-state index contributed by atoms with van der Waals surface area (Å²) in [5, 5.41) is 13.0. The van der Waals surface area contributed by atoms with E-state index in [0.717, 1.165) is 41.8 Å². The third-order valence-electron chi connectivity index (χ3n) is 5.76. The maximum absolute atomic E-state index is 13.4. The molecule has 1 amide bonds. The average molecular weight is 432 g/mol. The van der Waals surface area contributed by atoms with Crippen molar-refractivity contribution < 1.29 is 4.79 Å². The Labute approximate surface area is 185 Å². The highest BCUT2D eigenvalue weighted by Gasteiger charge is 2.27. The molecule has 2 heterocycles. The molecule has 0 radical (unpaired) electrons. The topological polar surface area (TPSA) is 64.7 Å². The predicted octanol–water partition coefficient (Wildman–Crippen LogP) is 4.73. The number of para-hydroxylation sites is 1. The molecule has 0 aliphatic heterocycles. The minimum absolute atomic E-state index is 0.0527. The van der Waals surface area contributed by atoms with Crippen molar-refractivity contribution in [2.75, 3.05) is 0 Å². The Kier molecular flexibility index (Phi) is 5.08. The first kappa shape index (κ1) is 19.6. The Morgan fingerprint density at radius 1 is 1.13 bits per heavy atom.